The fourth-order valence-corrected chi connectivity index (χ4v) is 11.0. The van der Waals surface area contributed by atoms with Crippen molar-refractivity contribution in [2.75, 3.05) is 4.90 Å². The van der Waals surface area contributed by atoms with Gasteiger partial charge in [-0.05, 0) is 106 Å². The molecule has 0 aliphatic heterocycles. The Morgan fingerprint density at radius 3 is 1.69 bits per heavy atom. The van der Waals surface area contributed by atoms with E-state index in [2.05, 4.69) is 210 Å². The van der Waals surface area contributed by atoms with E-state index in [-0.39, 0.29) is 5.41 Å². The minimum absolute atomic E-state index is 0.210. The van der Waals surface area contributed by atoms with Crippen molar-refractivity contribution >= 4 is 93.6 Å². The Morgan fingerprint density at radius 2 is 0.934 bits per heavy atom. The molecule has 4 heterocycles. The average molecular weight is 780 g/mol. The van der Waals surface area contributed by atoms with Crippen LogP contribution < -0.4 is 4.90 Å². The first-order valence-electron chi connectivity index (χ1n) is 21.2. The maximum Gasteiger partial charge on any atom is 0.135 e. The number of furan rings is 1. The van der Waals surface area contributed by atoms with Crippen LogP contribution in [0.15, 0.2) is 192 Å². The molecule has 14 rings (SSSR count). The summed E-state index contributed by atoms with van der Waals surface area (Å²) in [6.07, 6.45) is 0. The Balaban J connectivity index is 1.04. The molecular weight excluding hydrogens is 743 g/mol. The fourth-order valence-electron chi connectivity index (χ4n) is 11.0. The number of nitrogens with zero attached hydrogens (tertiary/aromatic N) is 3. The molecule has 0 saturated heterocycles. The van der Waals surface area contributed by atoms with Gasteiger partial charge in [-0.3, -0.25) is 0 Å². The number of para-hydroxylation sites is 3. The molecule has 0 amide bonds. The zero-order chi connectivity index (χ0) is 40.1. The molecule has 0 N–H and O–H groups in total. The molecule has 0 radical (unpaired) electrons. The molecule has 4 aromatic heterocycles. The molecule has 0 saturated carbocycles. The van der Waals surface area contributed by atoms with Gasteiger partial charge in [-0.1, -0.05) is 129 Å². The van der Waals surface area contributed by atoms with Crippen molar-refractivity contribution in [1.29, 1.82) is 0 Å². The van der Waals surface area contributed by atoms with Crippen LogP contribution in [0.1, 0.15) is 25.0 Å². The third-order valence-electron chi connectivity index (χ3n) is 13.8. The third kappa shape index (κ3) is 4.33. The zero-order valence-corrected chi connectivity index (χ0v) is 33.6. The Hall–Kier alpha value is -7.82. The second kappa shape index (κ2) is 11.7. The summed E-state index contributed by atoms with van der Waals surface area (Å²) < 4.78 is 11.4. The number of benzene rings is 9. The van der Waals surface area contributed by atoms with Crippen molar-refractivity contribution in [2.45, 2.75) is 19.3 Å². The van der Waals surface area contributed by atoms with E-state index in [9.17, 15) is 0 Å². The Kier molecular flexibility index (Phi) is 6.33. The van der Waals surface area contributed by atoms with Crippen molar-refractivity contribution < 1.29 is 4.42 Å². The van der Waals surface area contributed by atoms with Gasteiger partial charge < -0.3 is 18.1 Å². The lowest BCUT2D eigenvalue weighted by Crippen LogP contribution is -2.16. The predicted octanol–water partition coefficient (Wildman–Crippen LogP) is 15.6. The van der Waals surface area contributed by atoms with Crippen LogP contribution >= 0.6 is 0 Å². The van der Waals surface area contributed by atoms with Gasteiger partial charge in [-0.25, -0.2) is 0 Å². The van der Waals surface area contributed by atoms with Gasteiger partial charge in [0.05, 0.1) is 33.1 Å². The van der Waals surface area contributed by atoms with Gasteiger partial charge in [0.2, 0.25) is 0 Å². The Bertz CT molecular complexity index is 3970. The fraction of sp³-hybridized carbons (Fsp3) is 0.0526. The molecule has 0 spiro atoms. The summed E-state index contributed by atoms with van der Waals surface area (Å²) >= 11 is 0. The van der Waals surface area contributed by atoms with Crippen LogP contribution in [0, 0.1) is 0 Å². The van der Waals surface area contributed by atoms with Crippen molar-refractivity contribution in [3.05, 3.63) is 199 Å². The van der Waals surface area contributed by atoms with Crippen molar-refractivity contribution in [3.8, 4) is 22.3 Å². The van der Waals surface area contributed by atoms with E-state index in [1.807, 2.05) is 6.07 Å². The van der Waals surface area contributed by atoms with Crippen LogP contribution in [0.2, 0.25) is 0 Å². The summed E-state index contributed by atoms with van der Waals surface area (Å²) in [6.45, 7) is 4.76. The quantitative estimate of drug-likeness (QED) is 0.166. The highest BCUT2D eigenvalue weighted by atomic mass is 16.3. The van der Waals surface area contributed by atoms with E-state index in [4.69, 9.17) is 4.42 Å². The van der Waals surface area contributed by atoms with Gasteiger partial charge in [0.25, 0.3) is 0 Å². The summed E-state index contributed by atoms with van der Waals surface area (Å²) in [6, 6.07) is 69.3. The van der Waals surface area contributed by atoms with Gasteiger partial charge in [0.1, 0.15) is 11.2 Å². The van der Waals surface area contributed by atoms with Crippen molar-refractivity contribution in [3.63, 3.8) is 0 Å². The number of aromatic nitrogens is 2. The largest absolute Gasteiger partial charge is 0.456 e. The van der Waals surface area contributed by atoms with Gasteiger partial charge in [-0.15, -0.1) is 0 Å². The molecule has 286 valence electrons. The first-order chi connectivity index (χ1) is 30.0. The van der Waals surface area contributed by atoms with E-state index in [1.54, 1.807) is 0 Å². The predicted molar refractivity (Wildman–Crippen MR) is 255 cm³/mol. The van der Waals surface area contributed by atoms with Crippen LogP contribution in [0.25, 0.3) is 98.8 Å². The van der Waals surface area contributed by atoms with Crippen LogP contribution in [-0.2, 0) is 5.41 Å². The molecule has 61 heavy (non-hydrogen) atoms. The van der Waals surface area contributed by atoms with Crippen LogP contribution in [0.3, 0.4) is 0 Å². The van der Waals surface area contributed by atoms with Crippen LogP contribution in [-0.4, -0.2) is 8.80 Å². The molecule has 1 aliphatic carbocycles. The number of hydrogen-bond acceptors (Lipinski definition) is 2. The van der Waals surface area contributed by atoms with E-state index < -0.39 is 0 Å². The molecule has 4 heteroatoms. The van der Waals surface area contributed by atoms with Gasteiger partial charge in [0.15, 0.2) is 0 Å². The van der Waals surface area contributed by atoms with E-state index >= 15 is 0 Å². The van der Waals surface area contributed by atoms with Gasteiger partial charge in [-0.2, -0.15) is 0 Å². The average Bonchev–Trinajstić information content (AvgIpc) is 4.02. The van der Waals surface area contributed by atoms with Crippen LogP contribution in [0.4, 0.5) is 17.1 Å². The minimum atomic E-state index is -0.210. The normalized spacial score (nSPS) is 13.5. The third-order valence-corrected chi connectivity index (χ3v) is 13.8. The van der Waals surface area contributed by atoms with Gasteiger partial charge >= 0.3 is 0 Å². The molecule has 0 atom stereocenters. The standard InChI is InChI=1S/C57H37N3O/c1-57(2)47-30-35(34-12-4-3-5-13-34)20-24-39(47)40-25-21-37(32-48(40)57)58(36-23-29-54-46(31-36)43-16-8-11-19-53(43)61-54)38-22-28-51-52(33-38)60-50-18-10-7-15-42(50)45-27-26-44-41-14-6-9-17-49(41)59(51)55(44)56(45)60/h3-33H,1-2H3. The smallest absolute Gasteiger partial charge is 0.135 e. The molecule has 13 aromatic rings. The monoisotopic (exact) mass is 779 g/mol. The molecular formula is C57H37N3O. The Labute approximate surface area is 351 Å². The van der Waals surface area contributed by atoms with Crippen LogP contribution in [0.5, 0.6) is 0 Å². The highest BCUT2D eigenvalue weighted by molar-refractivity contribution is 6.25. The molecule has 9 aromatic carbocycles. The summed E-state index contributed by atoms with van der Waals surface area (Å²) in [7, 11) is 0. The summed E-state index contributed by atoms with van der Waals surface area (Å²) in [5.74, 6) is 0. The molecule has 0 fully saturated rings. The molecule has 0 unspecified atom stereocenters. The number of hydrogen-bond donors (Lipinski definition) is 0. The Morgan fingerprint density at radius 1 is 0.377 bits per heavy atom. The number of anilines is 3. The van der Waals surface area contributed by atoms with Crippen molar-refractivity contribution in [1.82, 2.24) is 8.80 Å². The maximum absolute atomic E-state index is 6.37. The summed E-state index contributed by atoms with van der Waals surface area (Å²) in [5.41, 5.74) is 19.9. The topological polar surface area (TPSA) is 25.2 Å². The SMILES string of the molecule is CC1(C)c2cc(-c3ccccc3)ccc2-c2ccc(N(c3ccc4oc5ccccc5c4c3)c3ccc4c(c3)n3c5ccccc5c5ccc6c7ccccc7n4c6c53)cc21. The van der Waals surface area contributed by atoms with E-state index in [1.165, 1.54) is 82.5 Å². The van der Waals surface area contributed by atoms with Crippen molar-refractivity contribution in [2.24, 2.45) is 0 Å². The lowest BCUT2D eigenvalue weighted by Gasteiger charge is -2.28. The lowest BCUT2D eigenvalue weighted by molar-refractivity contribution is 0.660. The molecule has 0 bridgehead atoms. The van der Waals surface area contributed by atoms with Gasteiger partial charge in [0, 0.05) is 54.8 Å². The highest BCUT2D eigenvalue weighted by Crippen LogP contribution is 2.52. The molecule has 4 nitrogen and oxygen atoms in total. The zero-order valence-electron chi connectivity index (χ0n) is 33.6. The number of rotatable bonds is 4. The lowest BCUT2D eigenvalue weighted by atomic mass is 9.81. The second-order valence-electron chi connectivity index (χ2n) is 17.3. The van der Waals surface area contributed by atoms with E-state index in [0.29, 0.717) is 0 Å². The second-order valence-corrected chi connectivity index (χ2v) is 17.3. The highest BCUT2D eigenvalue weighted by Gasteiger charge is 2.36. The summed E-state index contributed by atoms with van der Waals surface area (Å²) in [4.78, 5) is 2.45. The number of fused-ring (bicyclic) bond motifs is 15. The first-order valence-corrected chi connectivity index (χ1v) is 21.2. The minimum Gasteiger partial charge on any atom is -0.456 e. The first kappa shape index (κ1) is 33.1. The maximum atomic E-state index is 6.37. The van der Waals surface area contributed by atoms with E-state index in [0.717, 1.165) is 44.5 Å². The summed E-state index contributed by atoms with van der Waals surface area (Å²) in [5, 5.41) is 7.31. The molecule has 1 aliphatic rings.